The molecule has 2 saturated heterocycles. The monoisotopic (exact) mass is 665 g/mol. The molecule has 2 heterocycles. The summed E-state index contributed by atoms with van der Waals surface area (Å²) in [6.45, 7) is 20.6. The van der Waals surface area contributed by atoms with E-state index in [1.54, 1.807) is 0 Å². The quantitative estimate of drug-likeness (QED) is 0.205. The van der Waals surface area contributed by atoms with Crippen molar-refractivity contribution in [3.63, 3.8) is 0 Å². The average Bonchev–Trinajstić information content (AvgIpc) is 3.57. The van der Waals surface area contributed by atoms with Crippen molar-refractivity contribution >= 4 is 0 Å². The van der Waals surface area contributed by atoms with Crippen molar-refractivity contribution in [1.29, 1.82) is 0 Å². The first kappa shape index (κ1) is 43.8. The van der Waals surface area contributed by atoms with Crippen LogP contribution in [0.2, 0.25) is 0 Å². The third kappa shape index (κ3) is 17.3. The van der Waals surface area contributed by atoms with Crippen molar-refractivity contribution in [1.82, 2.24) is 10.6 Å². The van der Waals surface area contributed by atoms with Gasteiger partial charge in [-0.25, -0.2) is 0 Å². The molecule has 0 amide bonds. The first-order valence-electron chi connectivity index (χ1n) is 19.9. The summed E-state index contributed by atoms with van der Waals surface area (Å²) in [5, 5.41) is 7.14. The van der Waals surface area contributed by atoms with Gasteiger partial charge in [-0.2, -0.15) is 0 Å². The first-order chi connectivity index (χ1) is 24.3. The number of benzene rings is 4. The van der Waals surface area contributed by atoms with E-state index in [1.165, 1.54) is 80.3 Å². The van der Waals surface area contributed by atoms with Gasteiger partial charge in [-0.3, -0.25) is 0 Å². The van der Waals surface area contributed by atoms with Crippen LogP contribution in [-0.2, 0) is 19.3 Å². The van der Waals surface area contributed by atoms with E-state index in [9.17, 15) is 0 Å². The molecule has 0 bridgehead atoms. The van der Waals surface area contributed by atoms with Crippen LogP contribution in [0.15, 0.2) is 121 Å². The van der Waals surface area contributed by atoms with E-state index in [0.29, 0.717) is 5.92 Å². The fourth-order valence-electron chi connectivity index (χ4n) is 6.95. The number of hydrogen-bond acceptors (Lipinski definition) is 2. The molecule has 0 unspecified atom stereocenters. The van der Waals surface area contributed by atoms with Gasteiger partial charge in [-0.15, -0.1) is 0 Å². The standard InChI is InChI=1S/C20H25N.C19H23N.4C2H6/c1-3-7-17(8-4-1)15-19-11-13-21-14-12-20(19)16-18-9-5-2-6-10-18;1-3-7-16(8-4-1)15-18-11-13-20-14-12-19(18)17-9-5-2-6-10-17;4*1-2/h1-10,19-21H,11-16H2;1-10,18-20H,11-15H2;4*1-2H3/t19-,20+;18-,19-;;;;/m.1..../s1. The summed E-state index contributed by atoms with van der Waals surface area (Å²) in [5.74, 6) is 3.02. The number of rotatable bonds is 7. The fraction of sp³-hybridized carbons (Fsp3) is 0.489. The van der Waals surface area contributed by atoms with Crippen LogP contribution in [0.1, 0.15) is 109 Å². The van der Waals surface area contributed by atoms with E-state index in [-0.39, 0.29) is 0 Å². The Balaban J connectivity index is 0.000000408. The van der Waals surface area contributed by atoms with Gasteiger partial charge >= 0.3 is 0 Å². The Morgan fingerprint density at radius 2 is 0.653 bits per heavy atom. The maximum atomic E-state index is 3.58. The topological polar surface area (TPSA) is 24.1 Å². The Bertz CT molecular complexity index is 1180. The van der Waals surface area contributed by atoms with Crippen LogP contribution in [0.25, 0.3) is 0 Å². The van der Waals surface area contributed by atoms with Gasteiger partial charge in [-0.1, -0.05) is 177 Å². The highest BCUT2D eigenvalue weighted by Gasteiger charge is 2.25. The number of nitrogens with one attached hydrogen (secondary N) is 2. The molecule has 4 aromatic carbocycles. The summed E-state index contributed by atoms with van der Waals surface area (Å²) in [6, 6.07) is 44.0. The smallest absolute Gasteiger partial charge is 0.00430 e. The molecule has 2 aliphatic heterocycles. The highest BCUT2D eigenvalue weighted by Crippen LogP contribution is 2.34. The molecule has 0 aliphatic carbocycles. The third-order valence-electron chi connectivity index (χ3n) is 9.19. The molecule has 4 atom stereocenters. The molecular weight excluding hydrogens is 593 g/mol. The Morgan fingerprint density at radius 1 is 0.367 bits per heavy atom. The molecule has 2 fully saturated rings. The van der Waals surface area contributed by atoms with Crippen LogP contribution in [-0.4, -0.2) is 26.2 Å². The molecule has 2 heteroatoms. The first-order valence-corrected chi connectivity index (χ1v) is 19.9. The molecule has 0 aromatic heterocycles. The van der Waals surface area contributed by atoms with Crippen molar-refractivity contribution in [3.05, 3.63) is 144 Å². The summed E-state index contributed by atoms with van der Waals surface area (Å²) in [6.07, 6.45) is 8.76. The van der Waals surface area contributed by atoms with E-state index in [1.807, 2.05) is 55.4 Å². The molecule has 2 N–H and O–H groups in total. The minimum Gasteiger partial charge on any atom is -0.317 e. The predicted octanol–water partition coefficient (Wildman–Crippen LogP) is 12.2. The van der Waals surface area contributed by atoms with Gasteiger partial charge in [-0.05, 0) is 117 Å². The SMILES string of the molecule is CC.CC.CC.CC.c1ccc(C[C@H]2CCNCC[C@@H]2c2ccccc2)cc1.c1ccc(C[C@H]2CCNCC[C@H]2Cc2ccccc2)cc1. The number of hydrogen-bond donors (Lipinski definition) is 2. The second kappa shape index (κ2) is 29.7. The maximum Gasteiger partial charge on any atom is -0.00430 e. The van der Waals surface area contributed by atoms with E-state index in [0.717, 1.165) is 30.8 Å². The summed E-state index contributed by atoms with van der Waals surface area (Å²) in [4.78, 5) is 0. The van der Waals surface area contributed by atoms with Crippen molar-refractivity contribution in [3.8, 4) is 0 Å². The lowest BCUT2D eigenvalue weighted by atomic mass is 9.79. The van der Waals surface area contributed by atoms with Crippen LogP contribution in [0, 0.1) is 17.8 Å². The van der Waals surface area contributed by atoms with Crippen LogP contribution < -0.4 is 10.6 Å². The largest absolute Gasteiger partial charge is 0.317 e. The van der Waals surface area contributed by atoms with Gasteiger partial charge in [0.15, 0.2) is 0 Å². The molecule has 4 aromatic rings. The zero-order valence-corrected chi connectivity index (χ0v) is 32.6. The zero-order chi connectivity index (χ0) is 36.0. The summed E-state index contributed by atoms with van der Waals surface area (Å²) >= 11 is 0. The van der Waals surface area contributed by atoms with Gasteiger partial charge in [0.25, 0.3) is 0 Å². The fourth-order valence-corrected chi connectivity index (χ4v) is 6.95. The molecule has 0 radical (unpaired) electrons. The lowest BCUT2D eigenvalue weighted by Gasteiger charge is -2.25. The normalized spacial score (nSPS) is 19.7. The molecule has 2 nitrogen and oxygen atoms in total. The predicted molar refractivity (Wildman–Crippen MR) is 220 cm³/mol. The van der Waals surface area contributed by atoms with Crippen LogP contribution >= 0.6 is 0 Å². The summed E-state index contributed by atoms with van der Waals surface area (Å²) < 4.78 is 0. The van der Waals surface area contributed by atoms with Gasteiger partial charge in [0.1, 0.15) is 0 Å². The highest BCUT2D eigenvalue weighted by molar-refractivity contribution is 5.23. The Morgan fingerprint density at radius 3 is 1.02 bits per heavy atom. The van der Waals surface area contributed by atoms with Crippen LogP contribution in [0.3, 0.4) is 0 Å². The van der Waals surface area contributed by atoms with Gasteiger partial charge in [0.2, 0.25) is 0 Å². The summed E-state index contributed by atoms with van der Waals surface area (Å²) in [7, 11) is 0. The van der Waals surface area contributed by atoms with Crippen molar-refractivity contribution in [2.24, 2.45) is 17.8 Å². The Labute approximate surface area is 303 Å². The zero-order valence-electron chi connectivity index (χ0n) is 32.6. The molecule has 0 spiro atoms. The minimum absolute atomic E-state index is 0.686. The van der Waals surface area contributed by atoms with Crippen LogP contribution in [0.4, 0.5) is 0 Å². The minimum atomic E-state index is 0.686. The van der Waals surface area contributed by atoms with Crippen molar-refractivity contribution in [2.75, 3.05) is 26.2 Å². The lowest BCUT2D eigenvalue weighted by molar-refractivity contribution is 0.317. The van der Waals surface area contributed by atoms with Gasteiger partial charge < -0.3 is 10.6 Å². The Hall–Kier alpha value is -3.20. The Kier molecular flexibility index (Phi) is 26.6. The molecule has 0 saturated carbocycles. The molecule has 49 heavy (non-hydrogen) atoms. The van der Waals surface area contributed by atoms with Crippen molar-refractivity contribution in [2.45, 2.75) is 106 Å². The van der Waals surface area contributed by atoms with Crippen LogP contribution in [0.5, 0.6) is 0 Å². The molecule has 6 rings (SSSR count). The summed E-state index contributed by atoms with van der Waals surface area (Å²) in [5.41, 5.74) is 5.96. The molecule has 2 aliphatic rings. The average molecular weight is 665 g/mol. The molecule has 270 valence electrons. The highest BCUT2D eigenvalue weighted by atomic mass is 14.9. The van der Waals surface area contributed by atoms with E-state index >= 15 is 0 Å². The van der Waals surface area contributed by atoms with E-state index < -0.39 is 0 Å². The van der Waals surface area contributed by atoms with E-state index in [4.69, 9.17) is 0 Å². The van der Waals surface area contributed by atoms with Gasteiger partial charge in [0.05, 0.1) is 0 Å². The lowest BCUT2D eigenvalue weighted by Crippen LogP contribution is -2.19. The second-order valence-electron chi connectivity index (χ2n) is 12.0. The molecular formula is C47H72N2. The second-order valence-corrected chi connectivity index (χ2v) is 12.0. The third-order valence-corrected chi connectivity index (χ3v) is 9.19. The van der Waals surface area contributed by atoms with Gasteiger partial charge in [0, 0.05) is 0 Å². The van der Waals surface area contributed by atoms with Crippen molar-refractivity contribution < 1.29 is 0 Å². The van der Waals surface area contributed by atoms with E-state index in [2.05, 4.69) is 132 Å². The maximum absolute atomic E-state index is 3.58.